The molecule has 1 amide bonds. The minimum absolute atomic E-state index is 0.0250. The lowest BCUT2D eigenvalue weighted by Gasteiger charge is -2.26. The molecular weight excluding hydrogens is 548 g/mol. The number of hydrogen-bond donors (Lipinski definition) is 2. The monoisotopic (exact) mass is 614 g/mol. The van der Waals surface area contributed by atoms with Gasteiger partial charge in [-0.3, -0.25) is 14.5 Å². The van der Waals surface area contributed by atoms with E-state index in [9.17, 15) is 14.4 Å². The summed E-state index contributed by atoms with van der Waals surface area (Å²) in [5.74, 6) is -0.838. The first kappa shape index (κ1) is 41.1. The number of nitrogens with zero attached hydrogens (tertiary/aromatic N) is 1. The highest BCUT2D eigenvalue weighted by atomic mass is 16.6. The van der Waals surface area contributed by atoms with Gasteiger partial charge >= 0.3 is 18.0 Å². The normalized spacial score (nSPS) is 13.6. The summed E-state index contributed by atoms with van der Waals surface area (Å²) in [5.41, 5.74) is -0.495. The summed E-state index contributed by atoms with van der Waals surface area (Å²) in [6.45, 7) is 13.0. The summed E-state index contributed by atoms with van der Waals surface area (Å²) in [4.78, 5) is 35.3. The van der Waals surface area contributed by atoms with E-state index in [1.165, 1.54) is 83.5 Å². The van der Waals surface area contributed by atoms with Gasteiger partial charge in [-0.05, 0) is 40.0 Å². The molecule has 1 saturated heterocycles. The van der Waals surface area contributed by atoms with Crippen LogP contribution in [0.5, 0.6) is 0 Å². The van der Waals surface area contributed by atoms with Crippen molar-refractivity contribution in [3.8, 4) is 0 Å². The minimum Gasteiger partial charge on any atom is -0.481 e. The van der Waals surface area contributed by atoms with Crippen molar-refractivity contribution in [3.63, 3.8) is 0 Å². The lowest BCUT2D eigenvalue weighted by atomic mass is 10.0. The number of carbonyl (C=O) groups excluding carboxylic acids is 2. The van der Waals surface area contributed by atoms with Crippen molar-refractivity contribution in [1.82, 2.24) is 10.2 Å². The van der Waals surface area contributed by atoms with Crippen LogP contribution in [0, 0.1) is 0 Å². The second kappa shape index (κ2) is 28.9. The van der Waals surface area contributed by atoms with Crippen molar-refractivity contribution >= 4 is 18.0 Å². The first-order valence-electron chi connectivity index (χ1n) is 17.3. The first-order valence-corrected chi connectivity index (χ1v) is 17.3. The van der Waals surface area contributed by atoms with E-state index < -0.39 is 17.7 Å². The Balaban J connectivity index is 0.000000994. The largest absolute Gasteiger partial charge is 0.481 e. The number of esters is 1. The molecule has 1 aliphatic heterocycles. The molecule has 0 aromatic carbocycles. The van der Waals surface area contributed by atoms with Gasteiger partial charge in [-0.2, -0.15) is 0 Å². The molecule has 0 unspecified atom stereocenters. The van der Waals surface area contributed by atoms with E-state index in [1.54, 1.807) is 20.8 Å². The molecule has 43 heavy (non-hydrogen) atoms. The van der Waals surface area contributed by atoms with Crippen molar-refractivity contribution in [1.29, 1.82) is 0 Å². The number of carboxylic acids is 1. The maximum atomic E-state index is 11.8. The summed E-state index contributed by atoms with van der Waals surface area (Å²) in [6.07, 6.45) is 21.7. The van der Waals surface area contributed by atoms with Gasteiger partial charge in [0.2, 0.25) is 0 Å². The number of alkyl carbamates (subject to hydrolysis) is 1. The second-order valence-electron chi connectivity index (χ2n) is 12.7. The van der Waals surface area contributed by atoms with Crippen LogP contribution < -0.4 is 5.32 Å². The maximum Gasteiger partial charge on any atom is 0.407 e. The zero-order valence-corrected chi connectivity index (χ0v) is 28.2. The number of unbranched alkanes of at least 4 members (excludes halogenated alkanes) is 15. The van der Waals surface area contributed by atoms with Crippen LogP contribution in [-0.4, -0.2) is 79.6 Å². The smallest absolute Gasteiger partial charge is 0.407 e. The molecule has 254 valence electrons. The molecule has 0 spiro atoms. The van der Waals surface area contributed by atoms with Crippen LogP contribution in [0.25, 0.3) is 0 Å². The average Bonchev–Trinajstić information content (AvgIpc) is 2.95. The molecule has 0 aromatic rings. The molecule has 0 aliphatic carbocycles. The van der Waals surface area contributed by atoms with Crippen LogP contribution in [0.15, 0.2) is 0 Å². The van der Waals surface area contributed by atoms with Gasteiger partial charge in [0.05, 0.1) is 13.2 Å². The second-order valence-corrected chi connectivity index (χ2v) is 12.7. The van der Waals surface area contributed by atoms with Crippen LogP contribution in [0.2, 0.25) is 0 Å². The highest BCUT2D eigenvalue weighted by Gasteiger charge is 2.15. The fourth-order valence-electron chi connectivity index (χ4n) is 4.73. The number of rotatable bonds is 24. The molecule has 0 saturated carbocycles. The lowest BCUT2D eigenvalue weighted by Crippen LogP contribution is -2.38. The van der Waals surface area contributed by atoms with Gasteiger partial charge in [0, 0.05) is 39.0 Å². The number of nitrogens with one attached hydrogen (secondary N) is 1. The number of morpholine rings is 1. The van der Waals surface area contributed by atoms with Gasteiger partial charge in [-0.25, -0.2) is 4.79 Å². The Hall–Kier alpha value is -1.87. The van der Waals surface area contributed by atoms with Gasteiger partial charge in [-0.15, -0.1) is 0 Å². The van der Waals surface area contributed by atoms with Gasteiger partial charge in [0.15, 0.2) is 0 Å². The fraction of sp³-hybridized carbons (Fsp3) is 0.912. The Bertz CT molecular complexity index is 676. The number of carbonyl (C=O) groups is 3. The summed E-state index contributed by atoms with van der Waals surface area (Å²) < 4.78 is 15.7. The SMILES string of the molecule is CC(C)(C)OC(=O)NCCCCC(=O)O.CCCCCCCCCCCCCCCCCC(=O)OCCN1CCOCC1. The number of ether oxygens (including phenoxy) is 3. The highest BCUT2D eigenvalue weighted by molar-refractivity contribution is 5.69. The molecule has 1 rings (SSSR count). The Labute approximate surface area is 263 Å². The molecule has 0 bridgehead atoms. The summed E-state index contributed by atoms with van der Waals surface area (Å²) in [5, 5.41) is 10.9. The molecule has 2 N–H and O–H groups in total. The number of carboxylic acid groups (broad SMARTS) is 1. The van der Waals surface area contributed by atoms with Gasteiger partial charge in [-0.1, -0.05) is 96.8 Å². The van der Waals surface area contributed by atoms with E-state index in [0.717, 1.165) is 45.7 Å². The standard InChI is InChI=1S/C24H47NO3.C10H19NO4/c1-2-3-4-5-6-7-8-9-10-11-12-13-14-15-16-17-24(26)28-23-20-25-18-21-27-22-19-25;1-10(2,3)15-9(14)11-7-5-4-6-8(12)13/h2-23H2,1H3;4-7H2,1-3H3,(H,11,14)(H,12,13). The van der Waals surface area contributed by atoms with Crippen molar-refractivity contribution in [2.24, 2.45) is 0 Å². The third-order valence-electron chi connectivity index (χ3n) is 7.24. The predicted octanol–water partition coefficient (Wildman–Crippen LogP) is 7.89. The molecule has 0 atom stereocenters. The van der Waals surface area contributed by atoms with E-state index in [0.29, 0.717) is 32.4 Å². The van der Waals surface area contributed by atoms with E-state index >= 15 is 0 Å². The first-order chi connectivity index (χ1) is 20.6. The molecule has 9 heteroatoms. The third kappa shape index (κ3) is 32.9. The zero-order valence-electron chi connectivity index (χ0n) is 28.2. The lowest BCUT2D eigenvalue weighted by molar-refractivity contribution is -0.144. The molecule has 1 heterocycles. The molecule has 0 radical (unpaired) electrons. The van der Waals surface area contributed by atoms with Gasteiger partial charge in [0.25, 0.3) is 0 Å². The van der Waals surface area contributed by atoms with Crippen molar-refractivity contribution < 1.29 is 33.7 Å². The van der Waals surface area contributed by atoms with E-state index in [4.69, 9.17) is 19.3 Å². The highest BCUT2D eigenvalue weighted by Crippen LogP contribution is 2.14. The van der Waals surface area contributed by atoms with E-state index in [-0.39, 0.29) is 12.4 Å². The molecule has 1 fully saturated rings. The Kier molecular flexibility index (Phi) is 27.6. The average molecular weight is 615 g/mol. The quantitative estimate of drug-likeness (QED) is 0.0833. The van der Waals surface area contributed by atoms with Crippen LogP contribution in [0.1, 0.15) is 150 Å². The molecule has 9 nitrogen and oxygen atoms in total. The molecule has 1 aliphatic rings. The number of amides is 1. The van der Waals surface area contributed by atoms with Crippen molar-refractivity contribution in [2.45, 2.75) is 155 Å². The maximum absolute atomic E-state index is 11.8. The van der Waals surface area contributed by atoms with E-state index in [2.05, 4.69) is 17.1 Å². The van der Waals surface area contributed by atoms with Gasteiger partial charge in [0.1, 0.15) is 12.2 Å². The van der Waals surface area contributed by atoms with Crippen LogP contribution in [0.3, 0.4) is 0 Å². The van der Waals surface area contributed by atoms with Gasteiger partial charge < -0.3 is 24.6 Å². The molecule has 0 aromatic heterocycles. The number of hydrogen-bond acceptors (Lipinski definition) is 7. The fourth-order valence-corrected chi connectivity index (χ4v) is 4.73. The topological polar surface area (TPSA) is 114 Å². The van der Waals surface area contributed by atoms with Crippen molar-refractivity contribution in [3.05, 3.63) is 0 Å². The molecular formula is C34H66N2O7. The van der Waals surface area contributed by atoms with Crippen LogP contribution >= 0.6 is 0 Å². The Morgan fingerprint density at radius 2 is 1.23 bits per heavy atom. The minimum atomic E-state index is -0.813. The van der Waals surface area contributed by atoms with Crippen molar-refractivity contribution in [2.75, 3.05) is 46.0 Å². The Morgan fingerprint density at radius 3 is 1.72 bits per heavy atom. The van der Waals surface area contributed by atoms with E-state index in [1.807, 2.05) is 0 Å². The Morgan fingerprint density at radius 1 is 0.744 bits per heavy atom. The zero-order chi connectivity index (χ0) is 32.0. The summed E-state index contributed by atoms with van der Waals surface area (Å²) >= 11 is 0. The summed E-state index contributed by atoms with van der Waals surface area (Å²) in [7, 11) is 0. The number of aliphatic carboxylic acids is 1. The predicted molar refractivity (Wildman–Crippen MR) is 173 cm³/mol. The summed E-state index contributed by atoms with van der Waals surface area (Å²) in [6, 6.07) is 0. The third-order valence-corrected chi connectivity index (χ3v) is 7.24. The van der Waals surface area contributed by atoms with Crippen LogP contribution in [0.4, 0.5) is 4.79 Å². The van der Waals surface area contributed by atoms with Crippen LogP contribution in [-0.2, 0) is 23.8 Å².